The maximum atomic E-state index is 12.5. The molecule has 3 aromatic rings. The molecular formula is C22H22ClNO3. The molecule has 0 fully saturated rings. The molecule has 0 aliphatic carbocycles. The van der Waals surface area contributed by atoms with Crippen molar-refractivity contribution >= 4 is 39.7 Å². The molecule has 1 aromatic heterocycles. The van der Waals surface area contributed by atoms with Crippen LogP contribution in [0.25, 0.3) is 16.5 Å². The third kappa shape index (κ3) is 3.58. The summed E-state index contributed by atoms with van der Waals surface area (Å²) < 4.78 is 11.5. The van der Waals surface area contributed by atoms with Crippen LogP contribution < -0.4 is 10.1 Å². The Kier molecular flexibility index (Phi) is 5.29. The van der Waals surface area contributed by atoms with Crippen LogP contribution in [0.5, 0.6) is 5.75 Å². The normalized spacial score (nSPS) is 11.7. The van der Waals surface area contributed by atoms with E-state index in [1.165, 1.54) is 0 Å². The summed E-state index contributed by atoms with van der Waals surface area (Å²) in [4.78, 5) is 12.5. The first-order valence-corrected chi connectivity index (χ1v) is 9.02. The van der Waals surface area contributed by atoms with E-state index in [1.54, 1.807) is 25.3 Å². The lowest BCUT2D eigenvalue weighted by Gasteiger charge is -2.13. The number of fused-ring (bicyclic) bond motifs is 1. The summed E-state index contributed by atoms with van der Waals surface area (Å²) in [5, 5.41) is 4.33. The number of benzene rings is 2. The molecule has 4 nitrogen and oxygen atoms in total. The smallest absolute Gasteiger partial charge is 0.248 e. The van der Waals surface area contributed by atoms with Gasteiger partial charge in [0.15, 0.2) is 0 Å². The molecule has 0 unspecified atom stereocenters. The molecule has 3 rings (SSSR count). The van der Waals surface area contributed by atoms with Gasteiger partial charge in [-0.15, -0.1) is 0 Å². The van der Waals surface area contributed by atoms with Crippen molar-refractivity contribution in [2.75, 3.05) is 12.4 Å². The van der Waals surface area contributed by atoms with Gasteiger partial charge in [-0.05, 0) is 57.0 Å². The second kappa shape index (κ2) is 7.49. The van der Waals surface area contributed by atoms with Crippen LogP contribution in [0.2, 0.25) is 5.02 Å². The van der Waals surface area contributed by atoms with Crippen molar-refractivity contribution in [3.63, 3.8) is 0 Å². The van der Waals surface area contributed by atoms with Crippen LogP contribution in [-0.4, -0.2) is 13.0 Å². The molecule has 0 aliphatic rings. The Balaban J connectivity index is 2.02. The number of rotatable bonds is 4. The highest BCUT2D eigenvalue weighted by Gasteiger charge is 2.18. The maximum absolute atomic E-state index is 12.5. The monoisotopic (exact) mass is 383 g/mol. The topological polar surface area (TPSA) is 51.5 Å². The number of hydrogen-bond donors (Lipinski definition) is 1. The molecule has 5 heteroatoms. The second-order valence-corrected chi connectivity index (χ2v) is 6.95. The Morgan fingerprint density at radius 3 is 2.56 bits per heavy atom. The van der Waals surface area contributed by atoms with Crippen molar-refractivity contribution in [3.05, 3.63) is 63.9 Å². The van der Waals surface area contributed by atoms with Gasteiger partial charge in [-0.3, -0.25) is 4.79 Å². The number of carbonyl (C=O) groups is 1. The summed E-state index contributed by atoms with van der Waals surface area (Å²) in [7, 11) is 1.62. The first-order valence-electron chi connectivity index (χ1n) is 8.65. The van der Waals surface area contributed by atoms with E-state index in [-0.39, 0.29) is 5.91 Å². The first kappa shape index (κ1) is 19.1. The van der Waals surface area contributed by atoms with Crippen molar-refractivity contribution < 1.29 is 13.9 Å². The molecule has 0 atom stereocenters. The maximum Gasteiger partial charge on any atom is 0.248 e. The third-order valence-corrected chi connectivity index (χ3v) is 5.08. The molecular weight excluding hydrogens is 362 g/mol. The van der Waals surface area contributed by atoms with E-state index in [2.05, 4.69) is 5.32 Å². The van der Waals surface area contributed by atoms with Gasteiger partial charge in [0, 0.05) is 22.6 Å². The minimum Gasteiger partial charge on any atom is -0.496 e. The zero-order valence-electron chi connectivity index (χ0n) is 16.1. The zero-order chi connectivity index (χ0) is 19.7. The van der Waals surface area contributed by atoms with E-state index < -0.39 is 0 Å². The van der Waals surface area contributed by atoms with Crippen LogP contribution in [0.1, 0.15) is 29.4 Å². The van der Waals surface area contributed by atoms with Crippen LogP contribution in [0.3, 0.4) is 0 Å². The Hall–Kier alpha value is -2.72. The number of halogens is 1. The number of aryl methyl sites for hydroxylation is 3. The van der Waals surface area contributed by atoms with Gasteiger partial charge in [0.2, 0.25) is 5.91 Å². The summed E-state index contributed by atoms with van der Waals surface area (Å²) in [6.45, 7) is 7.82. The largest absolute Gasteiger partial charge is 0.496 e. The molecule has 0 spiro atoms. The van der Waals surface area contributed by atoms with Crippen molar-refractivity contribution in [2.24, 2.45) is 0 Å². The molecule has 27 heavy (non-hydrogen) atoms. The minimum absolute atomic E-state index is 0.250. The predicted octanol–water partition coefficient (Wildman–Crippen LogP) is 6.06. The number of carbonyl (C=O) groups excluding carboxylic acids is 1. The number of nitrogens with one attached hydrogen (secondary N) is 1. The molecule has 140 valence electrons. The van der Waals surface area contributed by atoms with Gasteiger partial charge in [0.25, 0.3) is 0 Å². The summed E-state index contributed by atoms with van der Waals surface area (Å²) in [5.41, 5.74) is 5.05. The lowest BCUT2D eigenvalue weighted by molar-refractivity contribution is -0.111. The number of anilines is 1. The van der Waals surface area contributed by atoms with Gasteiger partial charge < -0.3 is 14.5 Å². The Morgan fingerprint density at radius 2 is 1.89 bits per heavy atom. The van der Waals surface area contributed by atoms with Crippen LogP contribution >= 0.6 is 11.6 Å². The molecule has 0 radical (unpaired) electrons. The van der Waals surface area contributed by atoms with Crippen LogP contribution in [0, 0.1) is 20.8 Å². The molecule has 1 N–H and O–H groups in total. The van der Waals surface area contributed by atoms with Crippen molar-refractivity contribution in [1.29, 1.82) is 0 Å². The fourth-order valence-electron chi connectivity index (χ4n) is 3.17. The Morgan fingerprint density at radius 1 is 1.19 bits per heavy atom. The molecule has 0 bridgehead atoms. The van der Waals surface area contributed by atoms with Crippen molar-refractivity contribution in [3.8, 4) is 5.75 Å². The fraction of sp³-hybridized carbons (Fsp3) is 0.227. The van der Waals surface area contributed by atoms with Crippen molar-refractivity contribution in [1.82, 2.24) is 0 Å². The summed E-state index contributed by atoms with van der Waals surface area (Å²) >= 11 is 6.11. The Labute approximate surface area is 163 Å². The molecule has 1 amide bonds. The standard InChI is InChI=1S/C22H22ClNO3/c1-12(10-20(25)24-19-9-7-6-8-18(19)23)16-11-17-13(2)15(4)27-22(17)14(3)21(16)26-5/h6-11H,1-5H3,(H,24,25)/b12-10+. The van der Waals surface area contributed by atoms with E-state index in [0.717, 1.165) is 39.0 Å². The molecule has 0 saturated heterocycles. The van der Waals surface area contributed by atoms with E-state index >= 15 is 0 Å². The van der Waals surface area contributed by atoms with E-state index in [4.69, 9.17) is 20.8 Å². The molecule has 1 heterocycles. The Bertz CT molecular complexity index is 1060. The van der Waals surface area contributed by atoms with Gasteiger partial charge in [0.05, 0.1) is 17.8 Å². The van der Waals surface area contributed by atoms with Gasteiger partial charge >= 0.3 is 0 Å². The number of furan rings is 1. The number of methoxy groups -OCH3 is 1. The molecule has 0 aliphatic heterocycles. The average molecular weight is 384 g/mol. The molecule has 2 aromatic carbocycles. The van der Waals surface area contributed by atoms with E-state index in [9.17, 15) is 4.79 Å². The zero-order valence-corrected chi connectivity index (χ0v) is 16.8. The summed E-state index contributed by atoms with van der Waals surface area (Å²) in [6, 6.07) is 9.15. The quantitative estimate of drug-likeness (QED) is 0.557. The highest BCUT2D eigenvalue weighted by Crippen LogP contribution is 2.38. The van der Waals surface area contributed by atoms with E-state index in [0.29, 0.717) is 16.5 Å². The van der Waals surface area contributed by atoms with Crippen LogP contribution in [0.4, 0.5) is 5.69 Å². The average Bonchev–Trinajstić information content (AvgIpc) is 2.92. The molecule has 0 saturated carbocycles. The fourth-order valence-corrected chi connectivity index (χ4v) is 3.36. The lowest BCUT2D eigenvalue weighted by Crippen LogP contribution is -2.09. The number of allylic oxidation sites excluding steroid dienone is 1. The summed E-state index contributed by atoms with van der Waals surface area (Å²) in [6.07, 6.45) is 1.55. The van der Waals surface area contributed by atoms with Gasteiger partial charge in [0.1, 0.15) is 17.1 Å². The second-order valence-electron chi connectivity index (χ2n) is 6.54. The number of ether oxygens (including phenoxy) is 1. The number of amides is 1. The minimum atomic E-state index is -0.250. The third-order valence-electron chi connectivity index (χ3n) is 4.75. The van der Waals surface area contributed by atoms with Crippen LogP contribution in [0.15, 0.2) is 40.8 Å². The van der Waals surface area contributed by atoms with Gasteiger partial charge in [-0.1, -0.05) is 23.7 Å². The number of hydrogen-bond acceptors (Lipinski definition) is 3. The van der Waals surface area contributed by atoms with Crippen molar-refractivity contribution in [2.45, 2.75) is 27.7 Å². The van der Waals surface area contributed by atoms with E-state index in [1.807, 2.05) is 45.9 Å². The first-order chi connectivity index (χ1) is 12.8. The lowest BCUT2D eigenvalue weighted by atomic mass is 9.98. The van der Waals surface area contributed by atoms with Crippen LogP contribution in [-0.2, 0) is 4.79 Å². The highest BCUT2D eigenvalue weighted by atomic mass is 35.5. The van der Waals surface area contributed by atoms with Gasteiger partial charge in [-0.2, -0.15) is 0 Å². The number of para-hydroxylation sites is 1. The van der Waals surface area contributed by atoms with Gasteiger partial charge in [-0.25, -0.2) is 0 Å². The predicted molar refractivity (Wildman–Crippen MR) is 111 cm³/mol. The highest BCUT2D eigenvalue weighted by molar-refractivity contribution is 6.33. The SMILES string of the molecule is COc1c(/C(C)=C/C(=O)Nc2ccccc2Cl)cc2c(C)c(C)oc2c1C. The summed E-state index contributed by atoms with van der Waals surface area (Å²) in [5.74, 6) is 1.33.